The summed E-state index contributed by atoms with van der Waals surface area (Å²) in [6, 6.07) is 11.4. The average molecular weight is 436 g/mol. The second-order valence-corrected chi connectivity index (χ2v) is 10.0. The van der Waals surface area contributed by atoms with Gasteiger partial charge in [-0.3, -0.25) is 0 Å². The van der Waals surface area contributed by atoms with Gasteiger partial charge in [-0.05, 0) is 63.7 Å². The maximum Gasteiger partial charge on any atom is 0.141 e. The van der Waals surface area contributed by atoms with Crippen LogP contribution in [0, 0.1) is 5.92 Å². The van der Waals surface area contributed by atoms with Crippen molar-refractivity contribution < 1.29 is 0 Å². The maximum absolute atomic E-state index is 4.75. The molecule has 2 saturated heterocycles. The summed E-state index contributed by atoms with van der Waals surface area (Å²) < 4.78 is 0. The molecule has 0 amide bonds. The average Bonchev–Trinajstić information content (AvgIpc) is 3.49. The van der Waals surface area contributed by atoms with Crippen LogP contribution in [-0.4, -0.2) is 60.7 Å². The highest BCUT2D eigenvalue weighted by Gasteiger charge is 2.24. The van der Waals surface area contributed by atoms with Crippen molar-refractivity contribution in [1.82, 2.24) is 20.2 Å². The molecule has 0 spiro atoms. The molecule has 2 aromatic heterocycles. The Kier molecular flexibility index (Phi) is 6.48. The molecule has 5 nitrogen and oxygen atoms in total. The van der Waals surface area contributed by atoms with E-state index in [1.807, 2.05) is 0 Å². The standard InChI is InChI=1S/C25H33N5S/c1-29(13-11-21-8-5-12-26-21)16-19-9-14-30(15-10-19)24-23-22(20-6-3-2-4-7-20)17-31-25(23)28-18-27-24/h2-4,6-7,17-19,21,26H,5,8-16H2,1H3. The quantitative estimate of drug-likeness (QED) is 0.585. The van der Waals surface area contributed by atoms with Crippen molar-refractivity contribution in [2.24, 2.45) is 5.92 Å². The van der Waals surface area contributed by atoms with Crippen LogP contribution in [0.15, 0.2) is 42.0 Å². The molecule has 4 heterocycles. The number of benzene rings is 1. The summed E-state index contributed by atoms with van der Waals surface area (Å²) in [6.07, 6.45) is 8.20. The third-order valence-corrected chi connectivity index (χ3v) is 7.83. The minimum Gasteiger partial charge on any atom is -0.356 e. The SMILES string of the molecule is CN(CCC1CCCN1)CC1CCN(c2ncnc3scc(-c4ccccc4)c23)CC1. The van der Waals surface area contributed by atoms with E-state index >= 15 is 0 Å². The predicted molar refractivity (Wildman–Crippen MR) is 131 cm³/mol. The number of fused-ring (bicyclic) bond motifs is 1. The van der Waals surface area contributed by atoms with Gasteiger partial charge in [0.05, 0.1) is 5.39 Å². The summed E-state index contributed by atoms with van der Waals surface area (Å²) >= 11 is 1.72. The molecule has 164 valence electrons. The molecular weight excluding hydrogens is 402 g/mol. The molecule has 2 aliphatic rings. The molecule has 31 heavy (non-hydrogen) atoms. The zero-order valence-electron chi connectivity index (χ0n) is 18.5. The second kappa shape index (κ2) is 9.63. The molecular formula is C25H33N5S. The lowest BCUT2D eigenvalue weighted by molar-refractivity contribution is 0.239. The number of thiophene rings is 1. The Hall–Kier alpha value is -2.02. The lowest BCUT2D eigenvalue weighted by Crippen LogP contribution is -2.39. The minimum atomic E-state index is 0.744. The first kappa shape index (κ1) is 20.9. The number of nitrogens with one attached hydrogen (secondary N) is 1. The minimum absolute atomic E-state index is 0.744. The molecule has 0 aliphatic carbocycles. The monoisotopic (exact) mass is 435 g/mol. The van der Waals surface area contributed by atoms with E-state index in [0.29, 0.717) is 0 Å². The Morgan fingerprint density at radius 1 is 1.13 bits per heavy atom. The van der Waals surface area contributed by atoms with Crippen LogP contribution in [0.3, 0.4) is 0 Å². The molecule has 2 aliphatic heterocycles. The van der Waals surface area contributed by atoms with Crippen molar-refractivity contribution in [3.8, 4) is 11.1 Å². The van der Waals surface area contributed by atoms with Gasteiger partial charge >= 0.3 is 0 Å². The third kappa shape index (κ3) is 4.76. The fraction of sp³-hybridized carbons (Fsp3) is 0.520. The van der Waals surface area contributed by atoms with E-state index in [1.54, 1.807) is 17.7 Å². The Labute approximate surface area is 189 Å². The zero-order chi connectivity index (χ0) is 21.0. The van der Waals surface area contributed by atoms with E-state index < -0.39 is 0 Å². The summed E-state index contributed by atoms with van der Waals surface area (Å²) in [5.74, 6) is 1.90. The van der Waals surface area contributed by atoms with Crippen LogP contribution in [0.2, 0.25) is 0 Å². The number of piperidine rings is 1. The van der Waals surface area contributed by atoms with E-state index in [9.17, 15) is 0 Å². The van der Waals surface area contributed by atoms with Gasteiger partial charge in [0.2, 0.25) is 0 Å². The fourth-order valence-corrected chi connectivity index (χ4v) is 6.08. The summed E-state index contributed by atoms with van der Waals surface area (Å²) in [5.41, 5.74) is 2.51. The van der Waals surface area contributed by atoms with Crippen molar-refractivity contribution in [3.63, 3.8) is 0 Å². The van der Waals surface area contributed by atoms with Crippen molar-refractivity contribution in [2.75, 3.05) is 44.7 Å². The first-order valence-corrected chi connectivity index (χ1v) is 12.6. The Morgan fingerprint density at radius 2 is 1.97 bits per heavy atom. The largest absolute Gasteiger partial charge is 0.356 e. The highest BCUT2D eigenvalue weighted by Crippen LogP contribution is 2.38. The summed E-state index contributed by atoms with van der Waals surface area (Å²) in [4.78, 5) is 15.4. The first-order valence-electron chi connectivity index (χ1n) is 11.7. The molecule has 1 N–H and O–H groups in total. The van der Waals surface area contributed by atoms with Gasteiger partial charge in [-0.25, -0.2) is 9.97 Å². The second-order valence-electron chi connectivity index (χ2n) is 9.17. The molecule has 0 saturated carbocycles. The van der Waals surface area contributed by atoms with Gasteiger partial charge in [0.15, 0.2) is 0 Å². The Bertz CT molecular complexity index is 974. The highest BCUT2D eigenvalue weighted by molar-refractivity contribution is 7.17. The zero-order valence-corrected chi connectivity index (χ0v) is 19.3. The molecule has 5 rings (SSSR count). The molecule has 0 bridgehead atoms. The van der Waals surface area contributed by atoms with Crippen LogP contribution < -0.4 is 10.2 Å². The van der Waals surface area contributed by atoms with Crippen molar-refractivity contribution in [1.29, 1.82) is 0 Å². The first-order chi connectivity index (χ1) is 15.3. The maximum atomic E-state index is 4.75. The number of anilines is 1. The van der Waals surface area contributed by atoms with E-state index in [-0.39, 0.29) is 0 Å². The van der Waals surface area contributed by atoms with E-state index in [1.165, 1.54) is 68.3 Å². The van der Waals surface area contributed by atoms with Crippen LogP contribution in [-0.2, 0) is 0 Å². The van der Waals surface area contributed by atoms with E-state index in [0.717, 1.165) is 35.7 Å². The van der Waals surface area contributed by atoms with Crippen molar-refractivity contribution in [2.45, 2.75) is 38.1 Å². The predicted octanol–water partition coefficient (Wildman–Crippen LogP) is 4.65. The van der Waals surface area contributed by atoms with Crippen LogP contribution in [0.5, 0.6) is 0 Å². The van der Waals surface area contributed by atoms with Crippen LogP contribution in [0.4, 0.5) is 5.82 Å². The van der Waals surface area contributed by atoms with E-state index in [4.69, 9.17) is 4.98 Å². The molecule has 1 atom stereocenters. The third-order valence-electron chi connectivity index (χ3n) is 6.94. The molecule has 3 aromatic rings. The van der Waals surface area contributed by atoms with Crippen LogP contribution in [0.25, 0.3) is 21.3 Å². The van der Waals surface area contributed by atoms with Gasteiger partial charge in [-0.15, -0.1) is 11.3 Å². The highest BCUT2D eigenvalue weighted by atomic mass is 32.1. The fourth-order valence-electron chi connectivity index (χ4n) is 5.17. The van der Waals surface area contributed by atoms with Crippen molar-refractivity contribution in [3.05, 3.63) is 42.0 Å². The lowest BCUT2D eigenvalue weighted by atomic mass is 9.95. The number of hydrogen-bond acceptors (Lipinski definition) is 6. The topological polar surface area (TPSA) is 44.3 Å². The number of aromatic nitrogens is 2. The number of nitrogens with zero attached hydrogens (tertiary/aromatic N) is 4. The molecule has 6 heteroatoms. The van der Waals surface area contributed by atoms with Gasteiger partial charge in [-0.2, -0.15) is 0 Å². The summed E-state index contributed by atoms with van der Waals surface area (Å²) in [6.45, 7) is 5.80. The van der Waals surface area contributed by atoms with Gasteiger partial charge in [0.1, 0.15) is 17.0 Å². The van der Waals surface area contributed by atoms with Crippen molar-refractivity contribution >= 4 is 27.4 Å². The van der Waals surface area contributed by atoms with Crippen LogP contribution >= 0.6 is 11.3 Å². The lowest BCUT2D eigenvalue weighted by Gasteiger charge is -2.35. The van der Waals surface area contributed by atoms with Gasteiger partial charge in [0.25, 0.3) is 0 Å². The number of rotatable bonds is 7. The summed E-state index contributed by atoms with van der Waals surface area (Å²) in [5, 5.41) is 7.08. The molecule has 2 fully saturated rings. The van der Waals surface area contributed by atoms with Gasteiger partial charge in [0, 0.05) is 36.6 Å². The molecule has 1 unspecified atom stereocenters. The molecule has 1 aromatic carbocycles. The van der Waals surface area contributed by atoms with Gasteiger partial charge < -0.3 is 15.1 Å². The van der Waals surface area contributed by atoms with Crippen LogP contribution in [0.1, 0.15) is 32.1 Å². The Balaban J connectivity index is 1.23. The number of hydrogen-bond donors (Lipinski definition) is 1. The smallest absolute Gasteiger partial charge is 0.141 e. The summed E-state index contributed by atoms with van der Waals surface area (Å²) in [7, 11) is 2.30. The van der Waals surface area contributed by atoms with Gasteiger partial charge in [-0.1, -0.05) is 30.3 Å². The molecule has 0 radical (unpaired) electrons. The normalized spacial score (nSPS) is 20.2. The van der Waals surface area contributed by atoms with E-state index in [2.05, 4.69) is 62.9 Å². The Morgan fingerprint density at radius 3 is 2.74 bits per heavy atom.